The normalized spacial score (nSPS) is 11.4. The van der Waals surface area contributed by atoms with Gasteiger partial charge >= 0.3 is 6.18 Å². The summed E-state index contributed by atoms with van der Waals surface area (Å²) in [5.74, 6) is -1.88. The quantitative estimate of drug-likeness (QED) is 0.805. The third kappa shape index (κ3) is 3.70. The molecule has 0 fully saturated rings. The SMILES string of the molecule is CNCC(=O)Nc1ccc(F)c(C(F)(F)F)c1. The molecule has 7 heteroatoms. The summed E-state index contributed by atoms with van der Waals surface area (Å²) in [6.45, 7) is -0.0429. The average Bonchev–Trinajstić information content (AvgIpc) is 2.19. The molecule has 1 rings (SSSR count). The molecule has 0 bridgehead atoms. The summed E-state index contributed by atoms with van der Waals surface area (Å²) in [5, 5.41) is 4.75. The van der Waals surface area contributed by atoms with E-state index in [0.717, 1.165) is 6.07 Å². The number of halogens is 4. The lowest BCUT2D eigenvalue weighted by Crippen LogP contribution is -2.25. The van der Waals surface area contributed by atoms with Crippen LogP contribution in [0.5, 0.6) is 0 Å². The molecule has 1 amide bonds. The van der Waals surface area contributed by atoms with Crippen molar-refractivity contribution in [3.05, 3.63) is 29.6 Å². The van der Waals surface area contributed by atoms with Gasteiger partial charge in [-0.1, -0.05) is 0 Å². The Morgan fingerprint density at radius 2 is 2.00 bits per heavy atom. The third-order valence-corrected chi connectivity index (χ3v) is 1.89. The van der Waals surface area contributed by atoms with E-state index in [9.17, 15) is 22.4 Å². The Balaban J connectivity index is 2.93. The first-order chi connectivity index (χ1) is 7.84. The fraction of sp³-hybridized carbons (Fsp3) is 0.300. The zero-order chi connectivity index (χ0) is 13.1. The second-order valence-corrected chi connectivity index (χ2v) is 3.27. The fourth-order valence-electron chi connectivity index (χ4n) is 1.19. The maximum atomic E-state index is 12.9. The standard InChI is InChI=1S/C10H10F4N2O/c1-15-5-9(17)16-6-2-3-8(11)7(4-6)10(12,13)14/h2-4,15H,5H2,1H3,(H,16,17). The van der Waals surface area contributed by atoms with Gasteiger partial charge in [0.2, 0.25) is 5.91 Å². The Kier molecular flexibility index (Phi) is 4.06. The maximum Gasteiger partial charge on any atom is 0.419 e. The molecular formula is C10H10F4N2O. The van der Waals surface area contributed by atoms with Gasteiger partial charge in [-0.15, -0.1) is 0 Å². The van der Waals surface area contributed by atoms with E-state index in [0.29, 0.717) is 12.1 Å². The molecule has 94 valence electrons. The minimum atomic E-state index is -4.78. The van der Waals surface area contributed by atoms with E-state index in [1.165, 1.54) is 7.05 Å². The van der Waals surface area contributed by atoms with E-state index in [2.05, 4.69) is 10.6 Å². The molecule has 0 unspecified atom stereocenters. The number of carbonyl (C=O) groups excluding carboxylic acids is 1. The van der Waals surface area contributed by atoms with Crippen LogP contribution in [0.3, 0.4) is 0 Å². The monoisotopic (exact) mass is 250 g/mol. The fourth-order valence-corrected chi connectivity index (χ4v) is 1.19. The van der Waals surface area contributed by atoms with Crippen LogP contribution < -0.4 is 10.6 Å². The van der Waals surface area contributed by atoms with E-state index < -0.39 is 23.5 Å². The molecule has 3 nitrogen and oxygen atoms in total. The third-order valence-electron chi connectivity index (χ3n) is 1.89. The van der Waals surface area contributed by atoms with E-state index in [-0.39, 0.29) is 12.2 Å². The first-order valence-corrected chi connectivity index (χ1v) is 4.66. The van der Waals surface area contributed by atoms with Crippen LogP contribution in [0.15, 0.2) is 18.2 Å². The molecule has 0 aliphatic rings. The van der Waals surface area contributed by atoms with Crippen molar-refractivity contribution in [3.63, 3.8) is 0 Å². The van der Waals surface area contributed by atoms with Gasteiger partial charge in [-0.25, -0.2) is 4.39 Å². The molecule has 0 aliphatic carbocycles. The maximum absolute atomic E-state index is 12.9. The predicted molar refractivity (Wildman–Crippen MR) is 54.0 cm³/mol. The topological polar surface area (TPSA) is 41.1 Å². The van der Waals surface area contributed by atoms with Gasteiger partial charge < -0.3 is 10.6 Å². The van der Waals surface area contributed by atoms with E-state index in [1.54, 1.807) is 0 Å². The van der Waals surface area contributed by atoms with Gasteiger partial charge in [0.25, 0.3) is 0 Å². The Bertz CT molecular complexity index is 417. The van der Waals surface area contributed by atoms with Gasteiger partial charge in [-0.3, -0.25) is 4.79 Å². The zero-order valence-electron chi connectivity index (χ0n) is 8.86. The molecule has 0 radical (unpaired) electrons. The molecule has 2 N–H and O–H groups in total. The van der Waals surface area contributed by atoms with Crippen LogP contribution in [0.2, 0.25) is 0 Å². The first-order valence-electron chi connectivity index (χ1n) is 4.66. The average molecular weight is 250 g/mol. The van der Waals surface area contributed by atoms with Crippen molar-refractivity contribution in [1.29, 1.82) is 0 Å². The predicted octanol–water partition coefficient (Wildman–Crippen LogP) is 2.00. The Morgan fingerprint density at radius 1 is 1.35 bits per heavy atom. The van der Waals surface area contributed by atoms with Crippen LogP contribution in [0, 0.1) is 5.82 Å². The smallest absolute Gasteiger partial charge is 0.325 e. The molecule has 17 heavy (non-hydrogen) atoms. The van der Waals surface area contributed by atoms with E-state index in [4.69, 9.17) is 0 Å². The second-order valence-electron chi connectivity index (χ2n) is 3.27. The van der Waals surface area contributed by atoms with Crippen molar-refractivity contribution in [2.24, 2.45) is 0 Å². The number of amides is 1. The summed E-state index contributed by atoms with van der Waals surface area (Å²) in [6, 6.07) is 2.29. The molecule has 0 spiro atoms. The number of carbonyl (C=O) groups is 1. The highest BCUT2D eigenvalue weighted by Crippen LogP contribution is 2.32. The van der Waals surface area contributed by atoms with Crippen LogP contribution in [0.25, 0.3) is 0 Å². The second kappa shape index (κ2) is 5.13. The van der Waals surface area contributed by atoms with E-state index >= 15 is 0 Å². The number of anilines is 1. The molecular weight excluding hydrogens is 240 g/mol. The lowest BCUT2D eigenvalue weighted by atomic mass is 10.2. The number of likely N-dealkylation sites (N-methyl/N-ethyl adjacent to an activating group) is 1. The highest BCUT2D eigenvalue weighted by atomic mass is 19.4. The van der Waals surface area contributed by atoms with Crippen molar-refractivity contribution in [1.82, 2.24) is 5.32 Å². The summed E-state index contributed by atoms with van der Waals surface area (Å²) in [5.41, 5.74) is -1.50. The molecule has 1 aromatic rings. The summed E-state index contributed by atoms with van der Waals surface area (Å²) >= 11 is 0. The van der Waals surface area contributed by atoms with Crippen LogP contribution in [0.1, 0.15) is 5.56 Å². The lowest BCUT2D eigenvalue weighted by Gasteiger charge is -2.10. The van der Waals surface area contributed by atoms with Crippen LogP contribution in [0.4, 0.5) is 23.2 Å². The molecule has 0 saturated carbocycles. The van der Waals surface area contributed by atoms with Gasteiger partial charge in [-0.2, -0.15) is 13.2 Å². The first kappa shape index (κ1) is 13.4. The van der Waals surface area contributed by atoms with Crippen molar-refractivity contribution in [3.8, 4) is 0 Å². The molecule has 0 heterocycles. The number of hydrogen-bond acceptors (Lipinski definition) is 2. The van der Waals surface area contributed by atoms with Crippen LogP contribution >= 0.6 is 0 Å². The highest BCUT2D eigenvalue weighted by Gasteiger charge is 2.34. The molecule has 0 aromatic heterocycles. The van der Waals surface area contributed by atoms with Crippen molar-refractivity contribution >= 4 is 11.6 Å². The number of benzene rings is 1. The van der Waals surface area contributed by atoms with Gasteiger partial charge in [0, 0.05) is 5.69 Å². The Morgan fingerprint density at radius 3 is 2.53 bits per heavy atom. The Hall–Kier alpha value is -1.63. The minimum Gasteiger partial charge on any atom is -0.325 e. The summed E-state index contributed by atoms with van der Waals surface area (Å²) in [6.07, 6.45) is -4.78. The molecule has 1 aromatic carbocycles. The number of nitrogens with one attached hydrogen (secondary N) is 2. The molecule has 0 atom stereocenters. The van der Waals surface area contributed by atoms with Crippen molar-refractivity contribution < 1.29 is 22.4 Å². The summed E-state index contributed by atoms with van der Waals surface area (Å²) < 4.78 is 50.0. The summed E-state index contributed by atoms with van der Waals surface area (Å²) in [4.78, 5) is 11.1. The van der Waals surface area contributed by atoms with Crippen molar-refractivity contribution in [2.75, 3.05) is 18.9 Å². The van der Waals surface area contributed by atoms with E-state index in [1.807, 2.05) is 0 Å². The van der Waals surface area contributed by atoms with Crippen molar-refractivity contribution in [2.45, 2.75) is 6.18 Å². The lowest BCUT2D eigenvalue weighted by molar-refractivity contribution is -0.140. The van der Waals surface area contributed by atoms with Gasteiger partial charge in [0.1, 0.15) is 5.82 Å². The minimum absolute atomic E-state index is 0.0429. The summed E-state index contributed by atoms with van der Waals surface area (Å²) in [7, 11) is 1.52. The number of alkyl halides is 3. The largest absolute Gasteiger partial charge is 0.419 e. The van der Waals surface area contributed by atoms with Gasteiger partial charge in [-0.05, 0) is 25.2 Å². The van der Waals surface area contributed by atoms with Crippen LogP contribution in [-0.4, -0.2) is 19.5 Å². The number of rotatable bonds is 3. The van der Waals surface area contributed by atoms with Gasteiger partial charge in [0.05, 0.1) is 12.1 Å². The Labute approximate surface area is 94.8 Å². The number of hydrogen-bond donors (Lipinski definition) is 2. The zero-order valence-corrected chi connectivity index (χ0v) is 8.86. The highest BCUT2D eigenvalue weighted by molar-refractivity contribution is 5.92. The molecule has 0 saturated heterocycles. The van der Waals surface area contributed by atoms with Gasteiger partial charge in [0.15, 0.2) is 0 Å². The van der Waals surface area contributed by atoms with Crippen LogP contribution in [-0.2, 0) is 11.0 Å². The molecule has 0 aliphatic heterocycles.